The molecule has 0 atom stereocenters. The smallest absolute Gasteiger partial charge is 0.154 e. The molecule has 2 heterocycles. The molecule has 2 rings (SSSR count). The Bertz CT molecular complexity index is 468. The van der Waals surface area contributed by atoms with Gasteiger partial charge in [-0.3, -0.25) is 0 Å². The molecule has 2 aromatic heterocycles. The number of nitrogens with zero attached hydrogens (tertiary/aromatic N) is 4. The van der Waals surface area contributed by atoms with E-state index in [9.17, 15) is 0 Å². The van der Waals surface area contributed by atoms with Crippen molar-refractivity contribution in [2.75, 3.05) is 23.3 Å². The van der Waals surface area contributed by atoms with Crippen molar-refractivity contribution in [3.8, 4) is 0 Å². The maximum absolute atomic E-state index is 4.50. The van der Waals surface area contributed by atoms with Crippen LogP contribution >= 0.6 is 15.9 Å². The summed E-state index contributed by atoms with van der Waals surface area (Å²) in [5.41, 5.74) is 1.07. The van der Waals surface area contributed by atoms with Crippen LogP contribution in [0, 0.1) is 0 Å². The van der Waals surface area contributed by atoms with Crippen LogP contribution in [0.4, 0.5) is 5.82 Å². The molecule has 0 amide bonds. The number of fused-ring (bicyclic) bond motifs is 1. The predicted octanol–water partition coefficient (Wildman–Crippen LogP) is 2.73. The summed E-state index contributed by atoms with van der Waals surface area (Å²) in [4.78, 5) is 6.81. The highest BCUT2D eigenvalue weighted by molar-refractivity contribution is 9.09. The first-order valence-corrected chi connectivity index (χ1v) is 7.08. The van der Waals surface area contributed by atoms with Gasteiger partial charge in [0.05, 0.1) is 6.20 Å². The summed E-state index contributed by atoms with van der Waals surface area (Å²) < 4.78 is 1.87. The van der Waals surface area contributed by atoms with Crippen molar-refractivity contribution < 1.29 is 0 Å². The molecule has 0 aliphatic heterocycles. The van der Waals surface area contributed by atoms with Crippen LogP contribution in [0.25, 0.3) is 5.52 Å². The summed E-state index contributed by atoms with van der Waals surface area (Å²) >= 11 is 3.50. The summed E-state index contributed by atoms with van der Waals surface area (Å²) in [5, 5.41) is 5.19. The molecule has 0 saturated heterocycles. The van der Waals surface area contributed by atoms with Crippen molar-refractivity contribution in [3.63, 3.8) is 0 Å². The van der Waals surface area contributed by atoms with E-state index in [1.54, 1.807) is 0 Å². The van der Waals surface area contributed by atoms with Crippen molar-refractivity contribution in [3.05, 3.63) is 24.7 Å². The van der Waals surface area contributed by atoms with E-state index < -0.39 is 0 Å². The van der Waals surface area contributed by atoms with Crippen molar-refractivity contribution in [1.29, 1.82) is 0 Å². The molecular formula is C12H17BrN4. The van der Waals surface area contributed by atoms with E-state index in [1.165, 1.54) is 12.8 Å². The minimum Gasteiger partial charge on any atom is -0.354 e. The predicted molar refractivity (Wildman–Crippen MR) is 73.9 cm³/mol. The maximum atomic E-state index is 4.50. The number of rotatable bonds is 6. The van der Waals surface area contributed by atoms with Gasteiger partial charge in [0.15, 0.2) is 5.82 Å². The minimum absolute atomic E-state index is 0.952. The van der Waals surface area contributed by atoms with Gasteiger partial charge in [0.25, 0.3) is 0 Å². The van der Waals surface area contributed by atoms with E-state index >= 15 is 0 Å². The molecule has 0 aromatic carbocycles. The van der Waals surface area contributed by atoms with Crippen LogP contribution in [0.3, 0.4) is 0 Å². The normalized spacial score (nSPS) is 10.9. The number of anilines is 1. The van der Waals surface area contributed by atoms with E-state index in [4.69, 9.17) is 0 Å². The molecule has 0 aliphatic carbocycles. The molecule has 0 radical (unpaired) electrons. The van der Waals surface area contributed by atoms with Gasteiger partial charge in [0.1, 0.15) is 5.52 Å². The fraction of sp³-hybridized carbons (Fsp3) is 0.500. The molecule has 0 aliphatic rings. The van der Waals surface area contributed by atoms with Gasteiger partial charge in [0.2, 0.25) is 0 Å². The number of halogens is 1. The Morgan fingerprint density at radius 1 is 1.35 bits per heavy atom. The Morgan fingerprint density at radius 2 is 2.24 bits per heavy atom. The molecule has 17 heavy (non-hydrogen) atoms. The summed E-state index contributed by atoms with van der Waals surface area (Å²) in [5.74, 6) is 1.03. The molecule has 0 N–H and O–H groups in total. The summed E-state index contributed by atoms with van der Waals surface area (Å²) in [6.07, 6.45) is 7.88. The fourth-order valence-electron chi connectivity index (χ4n) is 1.86. The lowest BCUT2D eigenvalue weighted by Crippen LogP contribution is -2.27. The number of alkyl halides is 1. The summed E-state index contributed by atoms with van der Waals surface area (Å²) in [7, 11) is 0. The Morgan fingerprint density at radius 3 is 3.00 bits per heavy atom. The Balaban J connectivity index is 2.30. The highest BCUT2D eigenvalue weighted by Gasteiger charge is 2.11. The maximum Gasteiger partial charge on any atom is 0.154 e. The zero-order chi connectivity index (χ0) is 12.1. The highest BCUT2D eigenvalue weighted by atomic mass is 79.9. The van der Waals surface area contributed by atoms with E-state index in [0.29, 0.717) is 0 Å². The largest absolute Gasteiger partial charge is 0.354 e. The second-order valence-corrected chi connectivity index (χ2v) is 4.73. The van der Waals surface area contributed by atoms with Gasteiger partial charge in [-0.1, -0.05) is 29.3 Å². The second kappa shape index (κ2) is 6.00. The fourth-order valence-corrected chi connectivity index (χ4v) is 2.29. The lowest BCUT2D eigenvalue weighted by molar-refractivity contribution is 0.726. The zero-order valence-electron chi connectivity index (χ0n) is 10.0. The van der Waals surface area contributed by atoms with Gasteiger partial charge in [-0.05, 0) is 12.5 Å². The molecule has 4 nitrogen and oxygen atoms in total. The van der Waals surface area contributed by atoms with Crippen molar-refractivity contribution in [1.82, 2.24) is 14.6 Å². The van der Waals surface area contributed by atoms with Gasteiger partial charge in [-0.15, -0.1) is 0 Å². The SMILES string of the molecule is CCCCN(CCBr)c1nccn2nccc12. The van der Waals surface area contributed by atoms with Crippen LogP contribution in [-0.2, 0) is 0 Å². The average Bonchev–Trinajstić information content (AvgIpc) is 2.82. The topological polar surface area (TPSA) is 33.4 Å². The zero-order valence-corrected chi connectivity index (χ0v) is 11.6. The molecule has 0 fully saturated rings. The van der Waals surface area contributed by atoms with Crippen molar-refractivity contribution in [2.45, 2.75) is 19.8 Å². The van der Waals surface area contributed by atoms with Gasteiger partial charge in [-0.25, -0.2) is 9.50 Å². The lowest BCUT2D eigenvalue weighted by atomic mass is 10.3. The quantitative estimate of drug-likeness (QED) is 0.769. The minimum atomic E-state index is 0.952. The van der Waals surface area contributed by atoms with E-state index in [-0.39, 0.29) is 0 Å². The standard InChI is InChI=1S/C12H17BrN4/c1-2-3-8-16(9-5-13)12-11-4-6-15-17(11)10-7-14-12/h4,6-7,10H,2-3,5,8-9H2,1H3. The summed E-state index contributed by atoms with van der Waals surface area (Å²) in [6, 6.07) is 2.01. The first-order chi connectivity index (χ1) is 8.36. The van der Waals surface area contributed by atoms with Gasteiger partial charge in [-0.2, -0.15) is 5.10 Å². The third-order valence-corrected chi connectivity index (χ3v) is 3.09. The van der Waals surface area contributed by atoms with Crippen LogP contribution in [0.2, 0.25) is 0 Å². The number of aromatic nitrogens is 3. The van der Waals surface area contributed by atoms with E-state index in [1.807, 2.05) is 29.2 Å². The third kappa shape index (κ3) is 2.77. The molecule has 5 heteroatoms. The van der Waals surface area contributed by atoms with Crippen LogP contribution in [0.15, 0.2) is 24.7 Å². The Kier molecular flexibility index (Phi) is 4.36. The van der Waals surface area contributed by atoms with Crippen molar-refractivity contribution in [2.24, 2.45) is 0 Å². The van der Waals surface area contributed by atoms with Crippen LogP contribution in [0.5, 0.6) is 0 Å². The Labute approximate surface area is 110 Å². The monoisotopic (exact) mass is 296 g/mol. The lowest BCUT2D eigenvalue weighted by Gasteiger charge is -2.23. The van der Waals surface area contributed by atoms with Gasteiger partial charge in [0, 0.05) is 30.8 Å². The molecular weight excluding hydrogens is 280 g/mol. The first-order valence-electron chi connectivity index (χ1n) is 5.96. The highest BCUT2D eigenvalue weighted by Crippen LogP contribution is 2.18. The third-order valence-electron chi connectivity index (χ3n) is 2.74. The number of hydrogen-bond acceptors (Lipinski definition) is 3. The number of hydrogen-bond donors (Lipinski definition) is 0. The molecule has 92 valence electrons. The molecule has 0 spiro atoms. The second-order valence-electron chi connectivity index (χ2n) is 3.94. The van der Waals surface area contributed by atoms with Crippen molar-refractivity contribution >= 4 is 27.3 Å². The Hall–Kier alpha value is -1.10. The molecule has 0 bridgehead atoms. The summed E-state index contributed by atoms with van der Waals surface area (Å²) in [6.45, 7) is 4.22. The molecule has 0 saturated carbocycles. The first kappa shape index (κ1) is 12.4. The molecule has 0 unspecified atom stereocenters. The van der Waals surface area contributed by atoms with E-state index in [0.717, 1.165) is 29.8 Å². The van der Waals surface area contributed by atoms with Crippen LogP contribution < -0.4 is 4.90 Å². The molecule has 2 aromatic rings. The van der Waals surface area contributed by atoms with E-state index in [2.05, 4.69) is 37.8 Å². The van der Waals surface area contributed by atoms with Gasteiger partial charge >= 0.3 is 0 Å². The van der Waals surface area contributed by atoms with Crippen LogP contribution in [-0.4, -0.2) is 33.0 Å². The number of unbranched alkanes of at least 4 members (excludes halogenated alkanes) is 1. The van der Waals surface area contributed by atoms with Crippen LogP contribution in [0.1, 0.15) is 19.8 Å². The average molecular weight is 297 g/mol. The van der Waals surface area contributed by atoms with Gasteiger partial charge < -0.3 is 4.90 Å².